The van der Waals surface area contributed by atoms with E-state index in [1.165, 1.54) is 6.92 Å². The molecular formula is C6H9BF6O6S2. The highest BCUT2D eigenvalue weighted by Crippen LogP contribution is 2.29. The Morgan fingerprint density at radius 1 is 0.857 bits per heavy atom. The van der Waals surface area contributed by atoms with Crippen LogP contribution in [0.2, 0.25) is 6.32 Å². The first-order chi connectivity index (χ1) is 9.14. The lowest BCUT2D eigenvalue weighted by Crippen LogP contribution is -2.38. The zero-order valence-electron chi connectivity index (χ0n) is 10.2. The lowest BCUT2D eigenvalue weighted by Gasteiger charge is -2.16. The zero-order valence-corrected chi connectivity index (χ0v) is 11.9. The molecule has 0 rings (SSSR count). The molecule has 0 radical (unpaired) electrons. The molecule has 0 N–H and O–H groups in total. The summed E-state index contributed by atoms with van der Waals surface area (Å²) in [6, 6.07) is 0. The molecule has 0 spiro atoms. The number of halogens is 6. The van der Waals surface area contributed by atoms with E-state index >= 15 is 0 Å². The molecule has 0 aliphatic heterocycles. The Labute approximate surface area is 116 Å². The van der Waals surface area contributed by atoms with Crippen molar-refractivity contribution in [1.29, 1.82) is 0 Å². The highest BCUT2D eigenvalue weighted by Gasteiger charge is 2.53. The Balaban J connectivity index is 5.26. The highest BCUT2D eigenvalue weighted by molar-refractivity contribution is 7.89. The van der Waals surface area contributed by atoms with Gasteiger partial charge in [0.1, 0.15) is 0 Å². The standard InChI is InChI=1S/C6H9BF6O6S2/c1-2-3-4-7(18-20(14,15)5(8,9)10)19-21(16,17)6(11,12)13/h2-4H2,1H3. The fraction of sp³-hybridized carbons (Fsp3) is 1.00. The SMILES string of the molecule is CCCCB(OS(=O)(=O)C(F)(F)F)OS(=O)(=O)C(F)(F)F. The van der Waals surface area contributed by atoms with Gasteiger partial charge in [0.2, 0.25) is 0 Å². The van der Waals surface area contributed by atoms with Crippen molar-refractivity contribution in [3.05, 3.63) is 0 Å². The predicted octanol–water partition coefficient (Wildman–Crippen LogP) is 2.01. The smallest absolute Gasteiger partial charge is 0.291 e. The topological polar surface area (TPSA) is 86.7 Å². The minimum atomic E-state index is -6.30. The van der Waals surface area contributed by atoms with Crippen molar-refractivity contribution < 1.29 is 51.4 Å². The third-order valence-electron chi connectivity index (χ3n) is 1.83. The Kier molecular flexibility index (Phi) is 6.53. The van der Waals surface area contributed by atoms with Gasteiger partial charge in [-0.15, -0.1) is 0 Å². The van der Waals surface area contributed by atoms with Crippen LogP contribution < -0.4 is 0 Å². The molecule has 0 aromatic carbocycles. The van der Waals surface area contributed by atoms with Gasteiger partial charge in [-0.2, -0.15) is 43.2 Å². The van der Waals surface area contributed by atoms with E-state index in [9.17, 15) is 43.2 Å². The van der Waals surface area contributed by atoms with Crippen LogP contribution >= 0.6 is 0 Å². The molecule has 0 unspecified atom stereocenters. The van der Waals surface area contributed by atoms with E-state index in [-0.39, 0.29) is 12.8 Å². The van der Waals surface area contributed by atoms with E-state index in [0.717, 1.165) is 0 Å². The molecule has 0 saturated carbocycles. The molecule has 0 aliphatic rings. The van der Waals surface area contributed by atoms with Crippen molar-refractivity contribution in [2.24, 2.45) is 0 Å². The van der Waals surface area contributed by atoms with Crippen LogP contribution in [0.3, 0.4) is 0 Å². The molecule has 0 amide bonds. The Hall–Kier alpha value is -0.535. The van der Waals surface area contributed by atoms with Gasteiger partial charge in [-0.25, -0.2) is 0 Å². The van der Waals surface area contributed by atoms with Gasteiger partial charge in [0.05, 0.1) is 0 Å². The van der Waals surface area contributed by atoms with Crippen LogP contribution in [0.1, 0.15) is 19.8 Å². The summed E-state index contributed by atoms with van der Waals surface area (Å²) in [5.41, 5.74) is -11.9. The van der Waals surface area contributed by atoms with Crippen molar-refractivity contribution in [2.75, 3.05) is 0 Å². The fourth-order valence-corrected chi connectivity index (χ4v) is 1.98. The molecule has 126 valence electrons. The quantitative estimate of drug-likeness (QED) is 0.389. The van der Waals surface area contributed by atoms with Crippen LogP contribution in [-0.2, 0) is 28.4 Å². The molecular weight excluding hydrogens is 357 g/mol. The number of alkyl halides is 6. The molecule has 0 atom stereocenters. The second-order valence-electron chi connectivity index (χ2n) is 3.56. The maximum Gasteiger partial charge on any atom is 0.521 e. The van der Waals surface area contributed by atoms with Crippen LogP contribution in [0.15, 0.2) is 0 Å². The van der Waals surface area contributed by atoms with Gasteiger partial charge in [0.25, 0.3) is 0 Å². The van der Waals surface area contributed by atoms with Crippen molar-refractivity contribution in [3.8, 4) is 0 Å². The zero-order chi connectivity index (χ0) is 17.1. The normalized spacial score (nSPS) is 14.2. The van der Waals surface area contributed by atoms with Crippen molar-refractivity contribution in [3.63, 3.8) is 0 Å². The van der Waals surface area contributed by atoms with Crippen LogP contribution in [0.4, 0.5) is 26.3 Å². The summed E-state index contributed by atoms with van der Waals surface area (Å²) < 4.78 is 122. The second-order valence-corrected chi connectivity index (χ2v) is 6.69. The molecule has 0 heterocycles. The van der Waals surface area contributed by atoms with Crippen LogP contribution in [0.5, 0.6) is 0 Å². The largest absolute Gasteiger partial charge is 0.521 e. The van der Waals surface area contributed by atoms with E-state index in [4.69, 9.17) is 0 Å². The molecule has 0 aromatic heterocycles. The van der Waals surface area contributed by atoms with E-state index in [2.05, 4.69) is 8.20 Å². The Morgan fingerprint density at radius 3 is 1.43 bits per heavy atom. The van der Waals surface area contributed by atoms with Gasteiger partial charge in [0, 0.05) is 0 Å². The third kappa shape index (κ3) is 6.00. The van der Waals surface area contributed by atoms with E-state index < -0.39 is 44.7 Å². The first-order valence-corrected chi connectivity index (χ1v) is 7.95. The van der Waals surface area contributed by atoms with Gasteiger partial charge in [0.15, 0.2) is 0 Å². The van der Waals surface area contributed by atoms with Gasteiger partial charge < -0.3 is 0 Å². The number of unbranched alkanes of at least 4 members (excludes halogenated alkanes) is 1. The molecule has 15 heteroatoms. The average Bonchev–Trinajstić information content (AvgIpc) is 2.21. The van der Waals surface area contributed by atoms with E-state index in [1.807, 2.05) is 0 Å². The number of hydrogen-bond acceptors (Lipinski definition) is 6. The molecule has 6 nitrogen and oxygen atoms in total. The van der Waals surface area contributed by atoms with Gasteiger partial charge in [-0.05, 0) is 6.32 Å². The summed E-state index contributed by atoms with van der Waals surface area (Å²) in [6.07, 6.45) is -0.728. The summed E-state index contributed by atoms with van der Waals surface area (Å²) >= 11 is 0. The first-order valence-electron chi connectivity index (χ1n) is 5.13. The lowest BCUT2D eigenvalue weighted by molar-refractivity contribution is -0.0525. The van der Waals surface area contributed by atoms with E-state index in [1.54, 1.807) is 0 Å². The Morgan fingerprint density at radius 2 is 1.19 bits per heavy atom. The monoisotopic (exact) mass is 366 g/mol. The van der Waals surface area contributed by atoms with Crippen molar-refractivity contribution in [2.45, 2.75) is 37.1 Å². The lowest BCUT2D eigenvalue weighted by atomic mass is 9.84. The molecule has 21 heavy (non-hydrogen) atoms. The molecule has 0 aromatic rings. The van der Waals surface area contributed by atoms with Crippen LogP contribution in [0, 0.1) is 0 Å². The fourth-order valence-electron chi connectivity index (χ4n) is 0.875. The number of hydrogen-bond donors (Lipinski definition) is 0. The summed E-state index contributed by atoms with van der Waals surface area (Å²) in [6.45, 7) is 1.47. The van der Waals surface area contributed by atoms with E-state index in [0.29, 0.717) is 0 Å². The highest BCUT2D eigenvalue weighted by atomic mass is 32.2. The van der Waals surface area contributed by atoms with Crippen molar-refractivity contribution in [1.82, 2.24) is 0 Å². The minimum Gasteiger partial charge on any atom is -0.291 e. The third-order valence-corrected chi connectivity index (χ3v) is 3.90. The average molecular weight is 366 g/mol. The second kappa shape index (κ2) is 6.70. The maximum atomic E-state index is 12.0. The minimum absolute atomic E-state index is 0.134. The summed E-state index contributed by atoms with van der Waals surface area (Å²) in [4.78, 5) is 0. The Bertz CT molecular complexity index is 491. The van der Waals surface area contributed by atoms with Crippen LogP contribution in [0.25, 0.3) is 0 Å². The van der Waals surface area contributed by atoms with Gasteiger partial charge in [-0.1, -0.05) is 19.8 Å². The summed E-state index contributed by atoms with van der Waals surface area (Å²) in [5.74, 6) is 0. The molecule has 0 aliphatic carbocycles. The maximum absolute atomic E-state index is 12.0. The summed E-state index contributed by atoms with van der Waals surface area (Å²) in [5, 5.41) is 0. The predicted molar refractivity (Wildman–Crippen MR) is 57.6 cm³/mol. The first kappa shape index (κ1) is 20.5. The summed E-state index contributed by atoms with van der Waals surface area (Å²) in [7, 11) is -15.4. The molecule has 0 bridgehead atoms. The van der Waals surface area contributed by atoms with Gasteiger partial charge in [-0.3, -0.25) is 8.20 Å². The van der Waals surface area contributed by atoms with Gasteiger partial charge >= 0.3 is 38.4 Å². The number of rotatable bonds is 7. The van der Waals surface area contributed by atoms with Crippen LogP contribution in [-0.4, -0.2) is 35.0 Å². The van der Waals surface area contributed by atoms with Crippen molar-refractivity contribution >= 4 is 27.4 Å². The molecule has 0 saturated heterocycles. The molecule has 0 fully saturated rings.